The van der Waals surface area contributed by atoms with E-state index in [1.54, 1.807) is 12.3 Å². The fourth-order valence-corrected chi connectivity index (χ4v) is 1.60. The molecule has 0 amide bonds. The van der Waals surface area contributed by atoms with E-state index in [2.05, 4.69) is 25.9 Å². The summed E-state index contributed by atoms with van der Waals surface area (Å²) < 4.78 is 0.693. The van der Waals surface area contributed by atoms with Crippen LogP contribution in [0.5, 0.6) is 0 Å². The third-order valence-electron chi connectivity index (χ3n) is 1.56. The highest BCUT2D eigenvalue weighted by Crippen LogP contribution is 2.20. The van der Waals surface area contributed by atoms with E-state index >= 15 is 0 Å². The Kier molecular flexibility index (Phi) is 1.69. The van der Waals surface area contributed by atoms with Gasteiger partial charge in [-0.15, -0.1) is 0 Å². The summed E-state index contributed by atoms with van der Waals surface area (Å²) in [5.74, 6) is 0.502. The predicted molar refractivity (Wildman–Crippen MR) is 51.7 cm³/mol. The molecule has 0 aromatic carbocycles. The average Bonchev–Trinajstić information content (AvgIpc) is 2.04. The van der Waals surface area contributed by atoms with Gasteiger partial charge < -0.3 is 5.73 Å². The van der Waals surface area contributed by atoms with E-state index in [9.17, 15) is 0 Å². The number of rotatable bonds is 0. The van der Waals surface area contributed by atoms with E-state index in [1.165, 1.54) is 0 Å². The zero-order valence-corrected chi connectivity index (χ0v) is 7.75. The molecule has 4 heteroatoms. The van der Waals surface area contributed by atoms with E-state index in [-0.39, 0.29) is 0 Å². The van der Waals surface area contributed by atoms with E-state index < -0.39 is 0 Å². The summed E-state index contributed by atoms with van der Waals surface area (Å²) in [6.45, 7) is 0. The Labute approximate surface area is 77.8 Å². The van der Waals surface area contributed by atoms with Crippen molar-refractivity contribution < 1.29 is 0 Å². The number of anilines is 1. The number of nitrogens with zero attached hydrogens (tertiary/aromatic N) is 2. The molecule has 0 saturated heterocycles. The number of hydrogen-bond acceptors (Lipinski definition) is 3. The number of aromatic nitrogens is 2. The molecule has 2 aromatic heterocycles. The largest absolute Gasteiger partial charge is 0.384 e. The normalized spacial score (nSPS) is 10.4. The van der Waals surface area contributed by atoms with Gasteiger partial charge in [0.25, 0.3) is 0 Å². The molecule has 0 unspecified atom stereocenters. The molecular formula is C8H6BrN3. The Morgan fingerprint density at radius 3 is 3.08 bits per heavy atom. The van der Waals surface area contributed by atoms with Crippen molar-refractivity contribution >= 4 is 32.7 Å². The molecule has 0 aliphatic carbocycles. The van der Waals surface area contributed by atoms with Crippen molar-refractivity contribution in [1.82, 2.24) is 9.97 Å². The highest BCUT2D eigenvalue weighted by atomic mass is 79.9. The number of fused-ring (bicyclic) bond motifs is 1. The van der Waals surface area contributed by atoms with E-state index in [1.807, 2.05) is 12.1 Å². The molecule has 3 nitrogen and oxygen atoms in total. The molecule has 2 heterocycles. The fourth-order valence-electron chi connectivity index (χ4n) is 1.06. The molecule has 2 rings (SSSR count). The lowest BCUT2D eigenvalue weighted by molar-refractivity contribution is 1.28. The fraction of sp³-hybridized carbons (Fsp3) is 0. The Morgan fingerprint density at radius 1 is 1.42 bits per heavy atom. The molecule has 0 fully saturated rings. The van der Waals surface area contributed by atoms with Crippen LogP contribution in [0.15, 0.2) is 29.0 Å². The minimum absolute atomic E-state index is 0.502. The Balaban J connectivity index is 2.89. The van der Waals surface area contributed by atoms with E-state index in [4.69, 9.17) is 5.73 Å². The first-order chi connectivity index (χ1) is 5.77. The molecule has 0 atom stereocenters. The van der Waals surface area contributed by atoms with Gasteiger partial charge in [0.2, 0.25) is 0 Å². The SMILES string of the molecule is Nc1cc2cccnc2c(Br)n1. The standard InChI is InChI=1S/C8H6BrN3/c9-8-7-5(2-1-3-11-7)4-6(10)12-8/h1-4H,(H2,10,12). The van der Waals surface area contributed by atoms with Crippen molar-refractivity contribution in [1.29, 1.82) is 0 Å². The Bertz CT molecular complexity index is 428. The quantitative estimate of drug-likeness (QED) is 0.696. The molecule has 0 bridgehead atoms. The lowest BCUT2D eigenvalue weighted by Gasteiger charge is -1.99. The molecular weight excluding hydrogens is 218 g/mol. The van der Waals surface area contributed by atoms with Gasteiger partial charge in [-0.25, -0.2) is 4.98 Å². The van der Waals surface area contributed by atoms with E-state index in [0.29, 0.717) is 10.4 Å². The molecule has 2 aromatic rings. The van der Waals surface area contributed by atoms with E-state index in [0.717, 1.165) is 10.9 Å². The summed E-state index contributed by atoms with van der Waals surface area (Å²) in [6.07, 6.45) is 1.73. The smallest absolute Gasteiger partial charge is 0.134 e. The van der Waals surface area contributed by atoms with Gasteiger partial charge in [0, 0.05) is 11.6 Å². The number of nitrogens with two attached hydrogens (primary N) is 1. The molecule has 60 valence electrons. The Morgan fingerprint density at radius 2 is 2.25 bits per heavy atom. The van der Waals surface area contributed by atoms with Crippen molar-refractivity contribution in [2.24, 2.45) is 0 Å². The maximum absolute atomic E-state index is 5.56. The number of hydrogen-bond donors (Lipinski definition) is 1. The third kappa shape index (κ3) is 1.14. The van der Waals surface area contributed by atoms with Crippen molar-refractivity contribution in [3.63, 3.8) is 0 Å². The molecule has 0 aliphatic heterocycles. The van der Waals surface area contributed by atoms with Crippen LogP contribution in [-0.2, 0) is 0 Å². The number of nitrogen functional groups attached to an aromatic ring is 1. The summed E-state index contributed by atoms with van der Waals surface area (Å²) in [5, 5.41) is 0.997. The highest BCUT2D eigenvalue weighted by Gasteiger charge is 2.00. The van der Waals surface area contributed by atoms with Gasteiger partial charge in [-0.3, -0.25) is 4.98 Å². The first-order valence-electron chi connectivity index (χ1n) is 3.44. The zero-order chi connectivity index (χ0) is 8.55. The van der Waals surface area contributed by atoms with Crippen LogP contribution in [0.25, 0.3) is 10.9 Å². The van der Waals surface area contributed by atoms with Gasteiger partial charge in [0.1, 0.15) is 15.9 Å². The summed E-state index contributed by atoms with van der Waals surface area (Å²) >= 11 is 3.29. The van der Waals surface area contributed by atoms with Crippen molar-refractivity contribution in [2.75, 3.05) is 5.73 Å². The van der Waals surface area contributed by atoms with Crippen LogP contribution in [0.2, 0.25) is 0 Å². The van der Waals surface area contributed by atoms with Crippen molar-refractivity contribution in [3.8, 4) is 0 Å². The topological polar surface area (TPSA) is 51.8 Å². The van der Waals surface area contributed by atoms with Crippen LogP contribution in [0.3, 0.4) is 0 Å². The van der Waals surface area contributed by atoms with Gasteiger partial charge in [-0.05, 0) is 28.1 Å². The molecule has 2 N–H and O–H groups in total. The van der Waals surface area contributed by atoms with Crippen molar-refractivity contribution in [2.45, 2.75) is 0 Å². The summed E-state index contributed by atoms with van der Waals surface area (Å²) in [7, 11) is 0. The molecule has 0 radical (unpaired) electrons. The minimum Gasteiger partial charge on any atom is -0.384 e. The molecule has 0 saturated carbocycles. The number of halogens is 1. The van der Waals surface area contributed by atoms with Crippen LogP contribution >= 0.6 is 15.9 Å². The monoisotopic (exact) mass is 223 g/mol. The maximum Gasteiger partial charge on any atom is 0.134 e. The summed E-state index contributed by atoms with van der Waals surface area (Å²) in [4.78, 5) is 8.19. The second-order valence-corrected chi connectivity index (χ2v) is 3.16. The average molecular weight is 224 g/mol. The van der Waals surface area contributed by atoms with Crippen LogP contribution in [0.4, 0.5) is 5.82 Å². The lowest BCUT2D eigenvalue weighted by atomic mass is 10.2. The third-order valence-corrected chi connectivity index (χ3v) is 2.12. The minimum atomic E-state index is 0.502. The molecule has 0 spiro atoms. The van der Waals surface area contributed by atoms with Crippen LogP contribution in [-0.4, -0.2) is 9.97 Å². The second kappa shape index (κ2) is 2.71. The second-order valence-electron chi connectivity index (χ2n) is 2.41. The first-order valence-corrected chi connectivity index (χ1v) is 4.23. The summed E-state index contributed by atoms with van der Waals surface area (Å²) in [5.41, 5.74) is 6.40. The Hall–Kier alpha value is -1.16. The highest BCUT2D eigenvalue weighted by molar-refractivity contribution is 9.10. The zero-order valence-electron chi connectivity index (χ0n) is 6.16. The molecule has 0 aliphatic rings. The van der Waals surface area contributed by atoms with Crippen molar-refractivity contribution in [3.05, 3.63) is 29.0 Å². The lowest BCUT2D eigenvalue weighted by Crippen LogP contribution is -1.91. The van der Waals surface area contributed by atoms with Crippen LogP contribution < -0.4 is 5.73 Å². The number of pyridine rings is 2. The van der Waals surface area contributed by atoms with Gasteiger partial charge in [-0.2, -0.15) is 0 Å². The van der Waals surface area contributed by atoms with Gasteiger partial charge >= 0.3 is 0 Å². The van der Waals surface area contributed by atoms with Gasteiger partial charge in [0.15, 0.2) is 0 Å². The molecule has 12 heavy (non-hydrogen) atoms. The first kappa shape index (κ1) is 7.49. The predicted octanol–water partition coefficient (Wildman–Crippen LogP) is 1.97. The van der Waals surface area contributed by atoms with Gasteiger partial charge in [0.05, 0.1) is 0 Å². The van der Waals surface area contributed by atoms with Crippen LogP contribution in [0.1, 0.15) is 0 Å². The van der Waals surface area contributed by atoms with Crippen LogP contribution in [0, 0.1) is 0 Å². The summed E-state index contributed by atoms with van der Waals surface area (Å²) in [6, 6.07) is 5.62. The van der Waals surface area contributed by atoms with Gasteiger partial charge in [-0.1, -0.05) is 6.07 Å². The maximum atomic E-state index is 5.56.